The molecule has 0 radical (unpaired) electrons. The van der Waals surface area contributed by atoms with Crippen LogP contribution in [0.25, 0.3) is 43.9 Å². The minimum Gasteiger partial charge on any atom is -0.458 e. The van der Waals surface area contributed by atoms with Crippen molar-refractivity contribution in [3.05, 3.63) is 91.0 Å². The van der Waals surface area contributed by atoms with Crippen LogP contribution in [0.1, 0.15) is 0 Å². The number of benzene rings is 5. The zero-order valence-electron chi connectivity index (χ0n) is 18.4. The number of hydrogen-bond acceptors (Lipinski definition) is 4. The van der Waals surface area contributed by atoms with Crippen LogP contribution in [-0.2, 0) is 0 Å². The number of furan rings is 2. The van der Waals surface area contributed by atoms with Crippen molar-refractivity contribution in [3.8, 4) is 23.0 Å². The molecule has 0 N–H and O–H groups in total. The van der Waals surface area contributed by atoms with E-state index in [9.17, 15) is 0 Å². The molecule has 0 bridgehead atoms. The number of rotatable bonds is 0. The van der Waals surface area contributed by atoms with Gasteiger partial charge in [0.05, 0.1) is 0 Å². The zero-order valence-corrected chi connectivity index (χ0v) is 18.4. The van der Waals surface area contributed by atoms with Crippen LogP contribution in [0, 0.1) is 0 Å². The van der Waals surface area contributed by atoms with E-state index in [1.165, 1.54) is 0 Å². The number of hydrogen-bond donors (Lipinski definition) is 0. The van der Waals surface area contributed by atoms with Crippen molar-refractivity contribution >= 4 is 67.0 Å². The first-order valence-electron chi connectivity index (χ1n) is 11.7. The lowest BCUT2D eigenvalue weighted by Crippen LogP contribution is -2.57. The molecule has 2 aromatic heterocycles. The van der Waals surface area contributed by atoms with Gasteiger partial charge in [-0.15, -0.1) is 0 Å². The molecule has 0 saturated carbocycles. The maximum Gasteiger partial charge on any atom is 0.260 e. The van der Waals surface area contributed by atoms with Crippen molar-refractivity contribution in [2.45, 2.75) is 0 Å². The van der Waals surface area contributed by atoms with E-state index >= 15 is 0 Å². The van der Waals surface area contributed by atoms with Crippen LogP contribution in [0.5, 0.6) is 23.0 Å². The molecule has 0 atom stereocenters. The summed E-state index contributed by atoms with van der Waals surface area (Å²) in [6, 6.07) is 30.8. The van der Waals surface area contributed by atoms with Crippen molar-refractivity contribution in [1.29, 1.82) is 0 Å². The van der Waals surface area contributed by atoms with E-state index in [1.807, 2.05) is 66.7 Å². The highest BCUT2D eigenvalue weighted by molar-refractivity contribution is 6.98. The summed E-state index contributed by atoms with van der Waals surface area (Å²) < 4.78 is 25.2. The predicted octanol–water partition coefficient (Wildman–Crippen LogP) is 6.21. The van der Waals surface area contributed by atoms with E-state index in [0.717, 1.165) is 83.3 Å². The minimum absolute atomic E-state index is 0.0233. The second-order valence-corrected chi connectivity index (χ2v) is 9.27. The smallest absolute Gasteiger partial charge is 0.260 e. The van der Waals surface area contributed by atoms with Crippen molar-refractivity contribution < 1.29 is 18.3 Å². The molecule has 4 heterocycles. The largest absolute Gasteiger partial charge is 0.458 e. The Hall–Kier alpha value is -4.64. The zero-order chi connectivity index (χ0) is 22.7. The van der Waals surface area contributed by atoms with Gasteiger partial charge in [0.15, 0.2) is 0 Å². The Morgan fingerprint density at radius 3 is 1.49 bits per heavy atom. The first kappa shape index (κ1) is 17.8. The van der Waals surface area contributed by atoms with Crippen LogP contribution >= 0.6 is 0 Å². The Balaban J connectivity index is 1.39. The summed E-state index contributed by atoms with van der Waals surface area (Å²) in [5.41, 5.74) is 6.69. The van der Waals surface area contributed by atoms with Gasteiger partial charge < -0.3 is 18.3 Å². The molecule has 35 heavy (non-hydrogen) atoms. The van der Waals surface area contributed by atoms with Crippen LogP contribution in [0.15, 0.2) is 99.8 Å². The quantitative estimate of drug-likeness (QED) is 0.258. The van der Waals surface area contributed by atoms with Crippen LogP contribution in [0.3, 0.4) is 0 Å². The number of ether oxygens (including phenoxy) is 2. The number of para-hydroxylation sites is 2. The third-order valence-electron chi connectivity index (χ3n) is 7.39. The van der Waals surface area contributed by atoms with E-state index < -0.39 is 0 Å². The fourth-order valence-corrected chi connectivity index (χ4v) is 5.87. The van der Waals surface area contributed by atoms with E-state index in [-0.39, 0.29) is 6.71 Å². The molecule has 5 heteroatoms. The van der Waals surface area contributed by atoms with Gasteiger partial charge in [-0.05, 0) is 35.2 Å². The maximum absolute atomic E-state index is 6.43. The van der Waals surface area contributed by atoms with Gasteiger partial charge in [-0.1, -0.05) is 54.6 Å². The Bertz CT molecular complexity index is 1890. The van der Waals surface area contributed by atoms with E-state index in [1.54, 1.807) is 0 Å². The number of fused-ring (bicyclic) bond motifs is 10. The highest BCUT2D eigenvalue weighted by atomic mass is 16.5. The summed E-state index contributed by atoms with van der Waals surface area (Å²) in [5.74, 6) is 3.27. The lowest BCUT2D eigenvalue weighted by atomic mass is 9.34. The third kappa shape index (κ3) is 2.23. The van der Waals surface area contributed by atoms with Gasteiger partial charge in [-0.3, -0.25) is 0 Å². The van der Waals surface area contributed by atoms with Crippen LogP contribution < -0.4 is 25.9 Å². The Labute approximate surface area is 199 Å². The summed E-state index contributed by atoms with van der Waals surface area (Å²) in [4.78, 5) is 0. The van der Waals surface area contributed by atoms with Gasteiger partial charge in [-0.25, -0.2) is 0 Å². The van der Waals surface area contributed by atoms with Gasteiger partial charge in [0, 0.05) is 39.1 Å². The predicted molar refractivity (Wildman–Crippen MR) is 139 cm³/mol. The monoisotopic (exact) mass is 450 g/mol. The second-order valence-electron chi connectivity index (χ2n) is 9.27. The molecule has 0 amide bonds. The Morgan fingerprint density at radius 2 is 0.943 bits per heavy atom. The summed E-state index contributed by atoms with van der Waals surface area (Å²) in [6.45, 7) is -0.0233. The van der Waals surface area contributed by atoms with Crippen molar-refractivity contribution in [2.24, 2.45) is 0 Å². The lowest BCUT2D eigenvalue weighted by molar-refractivity contribution is 0.464. The fraction of sp³-hybridized carbons (Fsp3) is 0. The molecule has 4 nitrogen and oxygen atoms in total. The SMILES string of the molecule is c1cc2c3c(c1)Oc1cc4oc5ccccc5c4cc1B3c1cc3c(cc1O2)oc1ccccc13. The maximum atomic E-state index is 6.43. The molecule has 0 unspecified atom stereocenters. The molecule has 162 valence electrons. The highest BCUT2D eigenvalue weighted by Crippen LogP contribution is 2.39. The molecule has 7 aromatic rings. The van der Waals surface area contributed by atoms with Gasteiger partial charge >= 0.3 is 0 Å². The fourth-order valence-electron chi connectivity index (χ4n) is 5.87. The molecule has 0 spiro atoms. The molecular weight excluding hydrogens is 435 g/mol. The van der Waals surface area contributed by atoms with E-state index in [4.69, 9.17) is 18.3 Å². The molecule has 2 aliphatic rings. The van der Waals surface area contributed by atoms with Crippen LogP contribution in [0.4, 0.5) is 0 Å². The molecule has 0 saturated heterocycles. The standard InChI is InChI=1S/C30H15BO4/c1-3-8-22-16(6-1)18-12-20-28(14-26(18)32-22)34-24-10-5-11-25-30(24)31(20)21-13-19-17-7-2-4-9-23(17)33-27(19)15-29(21)35-25/h1-15H. The first-order chi connectivity index (χ1) is 17.3. The van der Waals surface area contributed by atoms with Gasteiger partial charge in [-0.2, -0.15) is 0 Å². The minimum atomic E-state index is -0.0233. The van der Waals surface area contributed by atoms with Gasteiger partial charge in [0.2, 0.25) is 0 Å². The average molecular weight is 450 g/mol. The molecule has 2 aliphatic heterocycles. The topological polar surface area (TPSA) is 44.7 Å². The molecular formula is C30H15BO4. The normalized spacial score (nSPS) is 13.5. The summed E-state index contributed by atoms with van der Waals surface area (Å²) in [5, 5.41) is 4.39. The average Bonchev–Trinajstić information content (AvgIpc) is 3.43. The van der Waals surface area contributed by atoms with Gasteiger partial charge in [0.1, 0.15) is 45.3 Å². The van der Waals surface area contributed by atoms with Crippen molar-refractivity contribution in [2.75, 3.05) is 0 Å². The third-order valence-corrected chi connectivity index (χ3v) is 7.39. The second kappa shape index (κ2) is 6.07. The lowest BCUT2D eigenvalue weighted by Gasteiger charge is -2.32. The summed E-state index contributed by atoms with van der Waals surface area (Å²) in [7, 11) is 0. The highest BCUT2D eigenvalue weighted by Gasteiger charge is 2.41. The molecule has 9 rings (SSSR count). The Kier molecular flexibility index (Phi) is 3.09. The van der Waals surface area contributed by atoms with Crippen molar-refractivity contribution in [3.63, 3.8) is 0 Å². The Morgan fingerprint density at radius 1 is 0.429 bits per heavy atom. The van der Waals surface area contributed by atoms with E-state index in [2.05, 4.69) is 24.3 Å². The summed E-state index contributed by atoms with van der Waals surface area (Å²) in [6.07, 6.45) is 0. The van der Waals surface area contributed by atoms with Crippen LogP contribution in [0.2, 0.25) is 0 Å². The van der Waals surface area contributed by atoms with Crippen LogP contribution in [-0.4, -0.2) is 6.71 Å². The van der Waals surface area contributed by atoms with Crippen molar-refractivity contribution in [1.82, 2.24) is 0 Å². The van der Waals surface area contributed by atoms with Gasteiger partial charge in [0.25, 0.3) is 6.71 Å². The summed E-state index contributed by atoms with van der Waals surface area (Å²) >= 11 is 0. The van der Waals surface area contributed by atoms with E-state index in [0.29, 0.717) is 0 Å². The molecule has 0 aliphatic carbocycles. The first-order valence-corrected chi connectivity index (χ1v) is 11.7. The molecule has 5 aromatic carbocycles. The molecule has 0 fully saturated rings.